The fourth-order valence-corrected chi connectivity index (χ4v) is 4.60. The number of aromatic nitrogens is 2. The molecule has 1 N–H and O–H groups in total. The third-order valence-corrected chi connectivity index (χ3v) is 6.60. The summed E-state index contributed by atoms with van der Waals surface area (Å²) in [5.74, 6) is -0.355. The summed E-state index contributed by atoms with van der Waals surface area (Å²) in [5.41, 5.74) is 0.797. The number of unbranched alkanes of at least 4 members (excludes halogenated alkanes) is 1. The Morgan fingerprint density at radius 3 is 2.53 bits per heavy atom. The minimum atomic E-state index is -4.50. The van der Waals surface area contributed by atoms with Gasteiger partial charge in [-0.15, -0.1) is 0 Å². The van der Waals surface area contributed by atoms with Crippen molar-refractivity contribution in [1.29, 1.82) is 0 Å². The van der Waals surface area contributed by atoms with Crippen molar-refractivity contribution in [2.24, 2.45) is 0 Å². The molecule has 1 amide bonds. The lowest BCUT2D eigenvalue weighted by Crippen LogP contribution is -2.32. The molecule has 0 fully saturated rings. The van der Waals surface area contributed by atoms with E-state index in [1.165, 1.54) is 18.2 Å². The van der Waals surface area contributed by atoms with Gasteiger partial charge in [0.2, 0.25) is 10.0 Å². The number of hydrogen-bond acceptors (Lipinski definition) is 4. The first-order valence-corrected chi connectivity index (χ1v) is 11.8. The largest absolute Gasteiger partial charge is 0.416 e. The van der Waals surface area contributed by atoms with Crippen LogP contribution in [-0.2, 0) is 22.7 Å². The zero-order valence-corrected chi connectivity index (χ0v) is 18.9. The van der Waals surface area contributed by atoms with Gasteiger partial charge in [0.15, 0.2) is 0 Å². The number of hydrogen-bond donors (Lipinski definition) is 1. The van der Waals surface area contributed by atoms with Crippen LogP contribution < -0.4 is 4.72 Å². The van der Waals surface area contributed by atoms with E-state index in [1.807, 2.05) is 6.92 Å². The number of halogens is 4. The number of aryl methyl sites for hydroxylation is 1. The van der Waals surface area contributed by atoms with Crippen LogP contribution in [0.25, 0.3) is 11.0 Å². The average molecular weight is 488 g/mol. The summed E-state index contributed by atoms with van der Waals surface area (Å²) in [7, 11) is -3.75. The maximum absolute atomic E-state index is 12.9. The molecule has 0 aliphatic carbocycles. The van der Waals surface area contributed by atoms with Crippen molar-refractivity contribution in [3.05, 3.63) is 63.9 Å². The van der Waals surface area contributed by atoms with Gasteiger partial charge < -0.3 is 4.57 Å². The van der Waals surface area contributed by atoms with Crippen molar-refractivity contribution in [2.45, 2.75) is 39.4 Å². The molecule has 0 saturated carbocycles. The van der Waals surface area contributed by atoms with Crippen molar-refractivity contribution >= 4 is 38.6 Å². The molecule has 172 valence electrons. The van der Waals surface area contributed by atoms with Gasteiger partial charge in [-0.1, -0.05) is 31.0 Å². The van der Waals surface area contributed by atoms with Gasteiger partial charge in [0.05, 0.1) is 28.9 Å². The SMILES string of the molecule is CCCCS(=O)(=O)NC(=O)c1ccc2nc(C)n(Cc3ccc(C(F)(F)F)cc3Cl)c2c1. The van der Waals surface area contributed by atoms with Crippen molar-refractivity contribution < 1.29 is 26.4 Å². The molecule has 0 saturated heterocycles. The topological polar surface area (TPSA) is 81.1 Å². The van der Waals surface area contributed by atoms with E-state index in [9.17, 15) is 26.4 Å². The molecular weight excluding hydrogens is 467 g/mol. The molecule has 0 aliphatic rings. The maximum Gasteiger partial charge on any atom is 0.416 e. The molecule has 0 spiro atoms. The Bertz CT molecular complexity index is 1270. The van der Waals surface area contributed by atoms with Gasteiger partial charge in [0.1, 0.15) is 5.82 Å². The highest BCUT2D eigenvalue weighted by Gasteiger charge is 2.31. The van der Waals surface area contributed by atoms with E-state index in [0.29, 0.717) is 35.3 Å². The van der Waals surface area contributed by atoms with E-state index in [2.05, 4.69) is 9.71 Å². The third kappa shape index (κ3) is 5.42. The van der Waals surface area contributed by atoms with Gasteiger partial charge in [-0.05, 0) is 49.2 Å². The molecule has 0 unspecified atom stereocenters. The number of carbonyl (C=O) groups excluding carboxylic acids is 1. The lowest BCUT2D eigenvalue weighted by atomic mass is 10.1. The zero-order chi connectivity index (χ0) is 23.7. The van der Waals surface area contributed by atoms with Gasteiger partial charge in [-0.25, -0.2) is 18.1 Å². The van der Waals surface area contributed by atoms with Crippen LogP contribution in [0, 0.1) is 6.92 Å². The van der Waals surface area contributed by atoms with Crippen LogP contribution in [-0.4, -0.2) is 29.6 Å². The molecule has 2 aromatic carbocycles. The molecule has 32 heavy (non-hydrogen) atoms. The molecule has 1 aromatic heterocycles. The van der Waals surface area contributed by atoms with Crippen LogP contribution >= 0.6 is 11.6 Å². The summed E-state index contributed by atoms with van der Waals surface area (Å²) in [4.78, 5) is 16.9. The first kappa shape index (κ1) is 24.1. The minimum absolute atomic E-state index is 0.0445. The maximum atomic E-state index is 12.9. The summed E-state index contributed by atoms with van der Waals surface area (Å²) in [6.45, 7) is 3.68. The smallest absolute Gasteiger partial charge is 0.324 e. The second-order valence-electron chi connectivity index (χ2n) is 7.36. The number of imidazole rings is 1. The number of benzene rings is 2. The Morgan fingerprint density at radius 1 is 1.19 bits per heavy atom. The fourth-order valence-electron chi connectivity index (χ4n) is 3.19. The van der Waals surface area contributed by atoms with Crippen LogP contribution in [0.4, 0.5) is 13.2 Å². The van der Waals surface area contributed by atoms with Gasteiger partial charge in [0, 0.05) is 10.6 Å². The molecule has 0 radical (unpaired) electrons. The van der Waals surface area contributed by atoms with E-state index in [0.717, 1.165) is 12.1 Å². The Kier molecular flexibility index (Phi) is 6.85. The van der Waals surface area contributed by atoms with Gasteiger partial charge in [-0.2, -0.15) is 13.2 Å². The van der Waals surface area contributed by atoms with E-state index in [1.54, 1.807) is 17.6 Å². The molecule has 0 atom stereocenters. The van der Waals surface area contributed by atoms with Crippen LogP contribution in [0.3, 0.4) is 0 Å². The van der Waals surface area contributed by atoms with Crippen molar-refractivity contribution in [3.8, 4) is 0 Å². The van der Waals surface area contributed by atoms with E-state index >= 15 is 0 Å². The van der Waals surface area contributed by atoms with Crippen molar-refractivity contribution in [3.63, 3.8) is 0 Å². The average Bonchev–Trinajstić information content (AvgIpc) is 3.01. The van der Waals surface area contributed by atoms with E-state index in [-0.39, 0.29) is 22.9 Å². The number of fused-ring (bicyclic) bond motifs is 1. The van der Waals surface area contributed by atoms with Gasteiger partial charge in [0.25, 0.3) is 5.91 Å². The molecule has 3 aromatic rings. The second kappa shape index (κ2) is 9.11. The Morgan fingerprint density at radius 2 is 1.91 bits per heavy atom. The summed E-state index contributed by atoms with van der Waals surface area (Å²) in [5, 5.41) is -0.0445. The Labute approximate surface area is 188 Å². The summed E-state index contributed by atoms with van der Waals surface area (Å²) >= 11 is 6.09. The predicted octanol–water partition coefficient (Wildman–Crippen LogP) is 4.92. The lowest BCUT2D eigenvalue weighted by molar-refractivity contribution is -0.137. The predicted molar refractivity (Wildman–Crippen MR) is 116 cm³/mol. The highest BCUT2D eigenvalue weighted by atomic mass is 35.5. The van der Waals surface area contributed by atoms with Crippen LogP contribution in [0.2, 0.25) is 5.02 Å². The standard InChI is InChI=1S/C21H21ClF3N3O3S/c1-3-4-9-32(30,31)27-20(29)14-6-8-18-19(10-14)28(13(2)26-18)12-15-5-7-16(11-17(15)22)21(23,24)25/h5-8,10-11H,3-4,9,12H2,1-2H3,(H,27,29). The quantitative estimate of drug-likeness (QED) is 0.512. The molecular formula is C21H21ClF3N3O3S. The van der Waals surface area contributed by atoms with Crippen LogP contribution in [0.15, 0.2) is 36.4 Å². The number of sulfonamides is 1. The molecule has 0 aliphatic heterocycles. The molecule has 6 nitrogen and oxygen atoms in total. The first-order chi connectivity index (χ1) is 14.9. The van der Waals surface area contributed by atoms with Crippen LogP contribution in [0.5, 0.6) is 0 Å². The van der Waals surface area contributed by atoms with Crippen LogP contribution in [0.1, 0.15) is 47.1 Å². The number of rotatable bonds is 7. The third-order valence-electron chi connectivity index (χ3n) is 4.92. The number of carbonyl (C=O) groups is 1. The highest BCUT2D eigenvalue weighted by molar-refractivity contribution is 7.90. The molecule has 3 rings (SSSR count). The lowest BCUT2D eigenvalue weighted by Gasteiger charge is -2.12. The highest BCUT2D eigenvalue weighted by Crippen LogP contribution is 2.32. The van der Waals surface area contributed by atoms with Crippen molar-refractivity contribution in [1.82, 2.24) is 14.3 Å². The summed E-state index contributed by atoms with van der Waals surface area (Å²) in [6, 6.07) is 7.67. The monoisotopic (exact) mass is 487 g/mol. The molecule has 0 bridgehead atoms. The fraction of sp³-hybridized carbons (Fsp3) is 0.333. The number of amides is 1. The Balaban J connectivity index is 1.92. The van der Waals surface area contributed by atoms with E-state index < -0.39 is 27.7 Å². The van der Waals surface area contributed by atoms with Crippen molar-refractivity contribution in [2.75, 3.05) is 5.75 Å². The molecule has 1 heterocycles. The zero-order valence-electron chi connectivity index (χ0n) is 17.3. The van der Waals surface area contributed by atoms with Gasteiger partial charge in [-0.3, -0.25) is 4.79 Å². The molecule has 11 heteroatoms. The Hall–Kier alpha value is -2.59. The minimum Gasteiger partial charge on any atom is -0.324 e. The first-order valence-electron chi connectivity index (χ1n) is 9.78. The summed E-state index contributed by atoms with van der Waals surface area (Å²) < 4.78 is 66.5. The van der Waals surface area contributed by atoms with Gasteiger partial charge >= 0.3 is 6.18 Å². The number of alkyl halides is 3. The van der Waals surface area contributed by atoms with E-state index in [4.69, 9.17) is 11.6 Å². The normalized spacial score (nSPS) is 12.3. The number of nitrogens with zero attached hydrogens (tertiary/aromatic N) is 2. The number of nitrogens with one attached hydrogen (secondary N) is 1. The second-order valence-corrected chi connectivity index (χ2v) is 9.61. The summed E-state index contributed by atoms with van der Waals surface area (Å²) in [6.07, 6.45) is -3.40.